The first kappa shape index (κ1) is 11.5. The second-order valence-corrected chi connectivity index (χ2v) is 5.16. The molecule has 1 aliphatic rings. The summed E-state index contributed by atoms with van der Waals surface area (Å²) >= 11 is 3.21. The highest BCUT2D eigenvalue weighted by molar-refractivity contribution is 9.10. The number of rotatable bonds is 3. The number of carbonyl (C=O) groups is 1. The van der Waals surface area contributed by atoms with E-state index in [1.807, 2.05) is 18.2 Å². The van der Waals surface area contributed by atoms with E-state index in [4.69, 9.17) is 4.42 Å². The number of benzene rings is 1. The molecular weight excluding hydrogens is 294 g/mol. The van der Waals surface area contributed by atoms with Gasteiger partial charge in [-0.25, -0.2) is 0 Å². The van der Waals surface area contributed by atoms with Crippen molar-refractivity contribution in [2.24, 2.45) is 0 Å². The Morgan fingerprint density at radius 3 is 2.72 bits per heavy atom. The minimum absolute atomic E-state index is 0.0842. The second kappa shape index (κ2) is 4.61. The third kappa shape index (κ3) is 2.20. The third-order valence-corrected chi connectivity index (χ3v) is 3.81. The summed E-state index contributed by atoms with van der Waals surface area (Å²) in [5.41, 5.74) is 1.84. The van der Waals surface area contributed by atoms with E-state index in [0.717, 1.165) is 6.42 Å². The fraction of sp³-hybridized carbons (Fsp3) is 0.214. The lowest BCUT2D eigenvalue weighted by molar-refractivity contribution is 0.0948. The summed E-state index contributed by atoms with van der Waals surface area (Å²) in [6.45, 7) is 0. The molecule has 1 saturated carbocycles. The van der Waals surface area contributed by atoms with Crippen molar-refractivity contribution in [3.63, 3.8) is 0 Å². The van der Waals surface area contributed by atoms with Crippen molar-refractivity contribution >= 4 is 21.8 Å². The van der Waals surface area contributed by atoms with Crippen LogP contribution in [0.15, 0.2) is 51.7 Å². The molecule has 0 saturated heterocycles. The average Bonchev–Trinajstić information content (AvgIpc) is 3.01. The Labute approximate surface area is 113 Å². The van der Waals surface area contributed by atoms with Crippen LogP contribution in [0, 0.1) is 0 Å². The number of amides is 1. The lowest BCUT2D eigenvalue weighted by Gasteiger charge is -2.03. The highest BCUT2D eigenvalue weighted by Crippen LogP contribution is 2.40. The first-order valence-electron chi connectivity index (χ1n) is 5.84. The second-order valence-electron chi connectivity index (χ2n) is 4.44. The fourth-order valence-corrected chi connectivity index (χ4v) is 2.55. The molecule has 4 heteroatoms. The molecule has 1 heterocycles. The van der Waals surface area contributed by atoms with Crippen LogP contribution < -0.4 is 5.32 Å². The minimum Gasteiger partial charge on any atom is -0.457 e. The molecule has 1 aliphatic carbocycles. The first-order chi connectivity index (χ1) is 8.75. The summed E-state index contributed by atoms with van der Waals surface area (Å²) in [4.78, 5) is 12.0. The van der Waals surface area contributed by atoms with Crippen LogP contribution in [0.3, 0.4) is 0 Å². The van der Waals surface area contributed by atoms with Crippen molar-refractivity contribution in [1.29, 1.82) is 0 Å². The minimum atomic E-state index is -0.0842. The van der Waals surface area contributed by atoms with Crippen LogP contribution in [-0.2, 0) is 0 Å². The third-order valence-electron chi connectivity index (χ3n) is 3.20. The van der Waals surface area contributed by atoms with Gasteiger partial charge in [0, 0.05) is 12.0 Å². The van der Waals surface area contributed by atoms with Gasteiger partial charge in [-0.15, -0.1) is 0 Å². The number of nitrogens with one attached hydrogen (secondary N) is 1. The van der Waals surface area contributed by atoms with E-state index in [9.17, 15) is 4.79 Å². The maximum Gasteiger partial charge on any atom is 0.255 e. The zero-order chi connectivity index (χ0) is 12.5. The zero-order valence-electron chi connectivity index (χ0n) is 9.60. The monoisotopic (exact) mass is 305 g/mol. The Balaban J connectivity index is 1.64. The smallest absolute Gasteiger partial charge is 0.255 e. The van der Waals surface area contributed by atoms with E-state index in [2.05, 4.69) is 33.4 Å². The largest absolute Gasteiger partial charge is 0.457 e. The summed E-state index contributed by atoms with van der Waals surface area (Å²) in [6.07, 6.45) is 2.51. The Kier molecular flexibility index (Phi) is 2.96. The van der Waals surface area contributed by atoms with Crippen molar-refractivity contribution in [2.75, 3.05) is 0 Å². The van der Waals surface area contributed by atoms with Gasteiger partial charge in [-0.3, -0.25) is 4.79 Å². The lowest BCUT2D eigenvalue weighted by Crippen LogP contribution is -2.26. The number of hydrogen-bond acceptors (Lipinski definition) is 2. The molecule has 0 radical (unpaired) electrons. The zero-order valence-corrected chi connectivity index (χ0v) is 11.2. The number of hydrogen-bond donors (Lipinski definition) is 1. The predicted molar refractivity (Wildman–Crippen MR) is 71.5 cm³/mol. The SMILES string of the molecule is O=C(NC1CC1c1ccccc1)c1ccoc1Br. The van der Waals surface area contributed by atoms with Crippen molar-refractivity contribution in [2.45, 2.75) is 18.4 Å². The molecule has 1 amide bonds. The van der Waals surface area contributed by atoms with Crippen molar-refractivity contribution < 1.29 is 9.21 Å². The van der Waals surface area contributed by atoms with Crippen molar-refractivity contribution in [1.82, 2.24) is 5.32 Å². The average molecular weight is 306 g/mol. The maximum absolute atomic E-state index is 12.0. The molecule has 1 N–H and O–H groups in total. The van der Waals surface area contributed by atoms with Gasteiger partial charge in [-0.1, -0.05) is 30.3 Å². The van der Waals surface area contributed by atoms with Gasteiger partial charge in [-0.2, -0.15) is 0 Å². The van der Waals surface area contributed by atoms with Gasteiger partial charge in [-0.05, 0) is 34.0 Å². The Morgan fingerprint density at radius 1 is 1.28 bits per heavy atom. The van der Waals surface area contributed by atoms with Gasteiger partial charge in [0.1, 0.15) is 0 Å². The Hall–Kier alpha value is -1.55. The summed E-state index contributed by atoms with van der Waals surface area (Å²) in [5.74, 6) is 0.361. The Bertz CT molecular complexity index is 564. The van der Waals surface area contributed by atoms with E-state index >= 15 is 0 Å². The molecule has 2 aromatic rings. The summed E-state index contributed by atoms with van der Waals surface area (Å²) in [7, 11) is 0. The molecule has 1 aromatic heterocycles. The lowest BCUT2D eigenvalue weighted by atomic mass is 10.1. The quantitative estimate of drug-likeness (QED) is 0.945. The standard InChI is InChI=1S/C14H12BrNO2/c15-13-10(6-7-18-13)14(17)16-12-8-11(12)9-4-2-1-3-5-9/h1-7,11-12H,8H2,(H,16,17). The van der Waals surface area contributed by atoms with Crippen molar-refractivity contribution in [3.8, 4) is 0 Å². The summed E-state index contributed by atoms with van der Waals surface area (Å²) in [5, 5.41) is 3.02. The normalized spacial score (nSPS) is 21.6. The Morgan fingerprint density at radius 2 is 2.06 bits per heavy atom. The molecule has 0 aliphatic heterocycles. The number of furan rings is 1. The summed E-state index contributed by atoms with van der Waals surface area (Å²) in [6, 6.07) is 12.2. The molecule has 0 spiro atoms. The van der Waals surface area contributed by atoms with E-state index in [1.165, 1.54) is 11.8 Å². The molecular formula is C14H12BrNO2. The van der Waals surface area contributed by atoms with E-state index in [1.54, 1.807) is 6.07 Å². The molecule has 1 fully saturated rings. The molecule has 1 aromatic carbocycles. The predicted octanol–water partition coefficient (Wildman–Crippen LogP) is 3.33. The van der Waals surface area contributed by atoms with Gasteiger partial charge in [0.2, 0.25) is 0 Å². The van der Waals surface area contributed by atoms with Crippen LogP contribution in [0.1, 0.15) is 28.3 Å². The highest BCUT2D eigenvalue weighted by atomic mass is 79.9. The van der Waals surface area contributed by atoms with Gasteiger partial charge in [0.05, 0.1) is 11.8 Å². The molecule has 3 nitrogen and oxygen atoms in total. The van der Waals surface area contributed by atoms with E-state index in [0.29, 0.717) is 16.2 Å². The summed E-state index contributed by atoms with van der Waals surface area (Å²) < 4.78 is 5.54. The molecule has 92 valence electrons. The molecule has 2 unspecified atom stereocenters. The van der Waals surface area contributed by atoms with Gasteiger partial charge < -0.3 is 9.73 Å². The van der Waals surface area contributed by atoms with Crippen LogP contribution >= 0.6 is 15.9 Å². The number of carbonyl (C=O) groups excluding carboxylic acids is 1. The topological polar surface area (TPSA) is 42.2 Å². The van der Waals surface area contributed by atoms with E-state index < -0.39 is 0 Å². The highest BCUT2D eigenvalue weighted by Gasteiger charge is 2.39. The van der Waals surface area contributed by atoms with Crippen LogP contribution in [0.4, 0.5) is 0 Å². The van der Waals surface area contributed by atoms with Gasteiger partial charge in [0.25, 0.3) is 5.91 Å². The van der Waals surface area contributed by atoms with Crippen LogP contribution in [0.25, 0.3) is 0 Å². The van der Waals surface area contributed by atoms with Crippen LogP contribution in [0.5, 0.6) is 0 Å². The van der Waals surface area contributed by atoms with Crippen LogP contribution in [0.2, 0.25) is 0 Å². The molecule has 18 heavy (non-hydrogen) atoms. The van der Waals surface area contributed by atoms with Gasteiger partial charge in [0.15, 0.2) is 4.67 Å². The fourth-order valence-electron chi connectivity index (χ4n) is 2.13. The maximum atomic E-state index is 12.0. The van der Waals surface area contributed by atoms with Crippen LogP contribution in [-0.4, -0.2) is 11.9 Å². The molecule has 2 atom stereocenters. The number of halogens is 1. The van der Waals surface area contributed by atoms with Crippen molar-refractivity contribution in [3.05, 3.63) is 58.5 Å². The first-order valence-corrected chi connectivity index (χ1v) is 6.64. The molecule has 0 bridgehead atoms. The molecule has 3 rings (SSSR count). The van der Waals surface area contributed by atoms with Gasteiger partial charge >= 0.3 is 0 Å². The van der Waals surface area contributed by atoms with E-state index in [-0.39, 0.29) is 11.9 Å².